The molecule has 0 saturated carbocycles. The van der Waals surface area contributed by atoms with Gasteiger partial charge in [-0.1, -0.05) is 61.0 Å². The molecule has 11 heteroatoms. The molecular weight excluding hydrogens is 676 g/mol. The van der Waals surface area contributed by atoms with Gasteiger partial charge in [0, 0.05) is 67.4 Å². The van der Waals surface area contributed by atoms with Crippen molar-refractivity contribution in [1.29, 1.82) is 0 Å². The summed E-state index contributed by atoms with van der Waals surface area (Å²) in [7, 11) is -3.89. The number of piperidine rings is 1. The van der Waals surface area contributed by atoms with Crippen LogP contribution in [0.5, 0.6) is 0 Å². The number of nitrogens with zero attached hydrogens (tertiary/aromatic N) is 4. The molecule has 0 unspecified atom stereocenters. The van der Waals surface area contributed by atoms with E-state index in [0.29, 0.717) is 80.1 Å². The van der Waals surface area contributed by atoms with E-state index in [2.05, 4.69) is 45.1 Å². The zero-order valence-electron chi connectivity index (χ0n) is 25.4. The van der Waals surface area contributed by atoms with Crippen LogP contribution < -0.4 is 4.90 Å². The van der Waals surface area contributed by atoms with Crippen molar-refractivity contribution in [2.45, 2.75) is 43.5 Å². The Bertz CT molecular complexity index is 1660. The maximum Gasteiger partial charge on any atom is 0.244 e. The second kappa shape index (κ2) is 13.5. The number of hydrogen-bond donors (Lipinski definition) is 0. The highest BCUT2D eigenvalue weighted by atomic mass is 79.9. The summed E-state index contributed by atoms with van der Waals surface area (Å²) in [4.78, 5) is 32.4. The van der Waals surface area contributed by atoms with Gasteiger partial charge in [-0.25, -0.2) is 8.42 Å². The maximum atomic E-state index is 14.0. The summed E-state index contributed by atoms with van der Waals surface area (Å²) in [6.45, 7) is 5.45. The molecule has 45 heavy (non-hydrogen) atoms. The zero-order chi connectivity index (χ0) is 31.7. The number of anilines is 1. The Hall–Kier alpha value is -2.76. The van der Waals surface area contributed by atoms with E-state index < -0.39 is 15.9 Å². The van der Waals surface area contributed by atoms with Gasteiger partial charge in [0.25, 0.3) is 0 Å². The fourth-order valence-corrected chi connectivity index (χ4v) is 9.61. The molecule has 6 rings (SSSR count). The molecule has 3 aliphatic heterocycles. The smallest absolute Gasteiger partial charge is 0.244 e. The van der Waals surface area contributed by atoms with Crippen molar-refractivity contribution in [3.8, 4) is 0 Å². The van der Waals surface area contributed by atoms with Crippen LogP contribution in [0.1, 0.15) is 48.9 Å². The Labute approximate surface area is 279 Å². The number of halogens is 2. The fourth-order valence-electron chi connectivity index (χ4n) is 6.89. The number of carbonyl (C=O) groups is 2. The Morgan fingerprint density at radius 2 is 1.62 bits per heavy atom. The first-order chi connectivity index (χ1) is 21.7. The average Bonchev–Trinajstić information content (AvgIpc) is 3.48. The molecule has 0 bridgehead atoms. The molecule has 2 amide bonds. The molecule has 0 spiro atoms. The Morgan fingerprint density at radius 3 is 2.31 bits per heavy atom. The molecule has 3 aromatic rings. The lowest BCUT2D eigenvalue weighted by molar-refractivity contribution is -0.138. The Kier molecular flexibility index (Phi) is 9.68. The van der Waals surface area contributed by atoms with Gasteiger partial charge in [-0.15, -0.1) is 0 Å². The monoisotopic (exact) mass is 712 g/mol. The van der Waals surface area contributed by atoms with E-state index in [1.54, 1.807) is 11.0 Å². The summed E-state index contributed by atoms with van der Waals surface area (Å²) in [5.74, 6) is -0.399. The molecule has 0 aliphatic carbocycles. The first-order valence-corrected chi connectivity index (χ1v) is 18.2. The molecule has 3 aliphatic rings. The van der Waals surface area contributed by atoms with Crippen molar-refractivity contribution in [1.82, 2.24) is 14.1 Å². The van der Waals surface area contributed by atoms with Gasteiger partial charge in [-0.2, -0.15) is 4.31 Å². The molecule has 238 valence electrons. The number of fused-ring (bicyclic) bond motifs is 1. The predicted octanol–water partition coefficient (Wildman–Crippen LogP) is 5.74. The van der Waals surface area contributed by atoms with Gasteiger partial charge in [-0.05, 0) is 76.1 Å². The van der Waals surface area contributed by atoms with Gasteiger partial charge in [0.1, 0.15) is 0 Å². The first kappa shape index (κ1) is 32.2. The van der Waals surface area contributed by atoms with Gasteiger partial charge >= 0.3 is 0 Å². The van der Waals surface area contributed by atoms with Crippen LogP contribution >= 0.6 is 27.5 Å². The van der Waals surface area contributed by atoms with E-state index >= 15 is 0 Å². The zero-order valence-corrected chi connectivity index (χ0v) is 28.5. The number of sulfonamides is 1. The molecule has 2 saturated heterocycles. The number of carbonyl (C=O) groups excluding carboxylic acids is 2. The number of piperazine rings is 1. The lowest BCUT2D eigenvalue weighted by Crippen LogP contribution is -2.53. The summed E-state index contributed by atoms with van der Waals surface area (Å²) in [6.07, 6.45) is 2.33. The standard InChI is InChI=1S/C34H38BrClN4O4S/c1-2-32(41)40-16-14-26-21-29(35)31(22-30(26)40)45(43,44)39-15-6-9-27(23-39)34(42)38-19-17-37(18-20-38)33(24-7-4-3-5-8-24)25-10-12-28(36)13-11-25/h3-5,7-8,10-13,21-22,27,33H,2,6,9,14-20,23H2,1H3/t27-,33+/m0/s1. The van der Waals surface area contributed by atoms with Crippen LogP contribution in [0.3, 0.4) is 0 Å². The highest BCUT2D eigenvalue weighted by molar-refractivity contribution is 9.10. The van der Waals surface area contributed by atoms with E-state index in [1.165, 1.54) is 9.87 Å². The first-order valence-electron chi connectivity index (χ1n) is 15.6. The quantitative estimate of drug-likeness (QED) is 0.312. The number of hydrogen-bond acceptors (Lipinski definition) is 5. The van der Waals surface area contributed by atoms with Crippen LogP contribution in [0.25, 0.3) is 0 Å². The SMILES string of the molecule is CCC(=O)N1CCc2cc(Br)c(S(=O)(=O)N3CCC[C@H](C(=O)N4CCN([C@H](c5ccccc5)c5ccc(Cl)cc5)CC4)C3)cc21. The third kappa shape index (κ3) is 6.58. The lowest BCUT2D eigenvalue weighted by atomic mass is 9.95. The number of amides is 2. The third-order valence-electron chi connectivity index (χ3n) is 9.28. The summed E-state index contributed by atoms with van der Waals surface area (Å²) < 4.78 is 29.9. The summed E-state index contributed by atoms with van der Waals surface area (Å²) >= 11 is 9.68. The highest BCUT2D eigenvalue weighted by Gasteiger charge is 2.38. The summed E-state index contributed by atoms with van der Waals surface area (Å²) in [5.41, 5.74) is 3.96. The van der Waals surface area contributed by atoms with E-state index in [-0.39, 0.29) is 29.3 Å². The van der Waals surface area contributed by atoms with Gasteiger partial charge in [-0.3, -0.25) is 14.5 Å². The van der Waals surface area contributed by atoms with Gasteiger partial charge in [0.2, 0.25) is 21.8 Å². The van der Waals surface area contributed by atoms with Gasteiger partial charge < -0.3 is 9.80 Å². The van der Waals surface area contributed by atoms with Crippen LogP contribution in [0.2, 0.25) is 5.02 Å². The van der Waals surface area contributed by atoms with Crippen LogP contribution in [0, 0.1) is 5.92 Å². The van der Waals surface area contributed by atoms with E-state index in [1.807, 2.05) is 48.2 Å². The highest BCUT2D eigenvalue weighted by Crippen LogP contribution is 2.38. The lowest BCUT2D eigenvalue weighted by Gasteiger charge is -2.41. The number of benzene rings is 3. The molecule has 0 aromatic heterocycles. The van der Waals surface area contributed by atoms with Crippen molar-refractivity contribution in [2.75, 3.05) is 50.7 Å². The number of rotatable bonds is 7. The minimum absolute atomic E-state index is 0.0186. The van der Waals surface area contributed by atoms with Crippen molar-refractivity contribution in [2.24, 2.45) is 5.92 Å². The Balaban J connectivity index is 1.14. The van der Waals surface area contributed by atoms with Crippen LogP contribution in [0.15, 0.2) is 76.1 Å². The maximum absolute atomic E-state index is 14.0. The van der Waals surface area contributed by atoms with E-state index in [4.69, 9.17) is 11.6 Å². The minimum atomic E-state index is -3.89. The molecule has 8 nitrogen and oxygen atoms in total. The van der Waals surface area contributed by atoms with Crippen LogP contribution in [-0.4, -0.2) is 80.2 Å². The van der Waals surface area contributed by atoms with E-state index in [9.17, 15) is 18.0 Å². The normalized spacial score (nSPS) is 20.2. The van der Waals surface area contributed by atoms with E-state index in [0.717, 1.165) is 11.1 Å². The second-order valence-electron chi connectivity index (χ2n) is 12.0. The predicted molar refractivity (Wildman–Crippen MR) is 180 cm³/mol. The fraction of sp³-hybridized carbons (Fsp3) is 0.412. The molecule has 2 atom stereocenters. The van der Waals surface area contributed by atoms with Crippen molar-refractivity contribution in [3.05, 3.63) is 92.9 Å². The molecule has 0 N–H and O–H groups in total. The Morgan fingerprint density at radius 1 is 0.933 bits per heavy atom. The largest absolute Gasteiger partial charge is 0.340 e. The van der Waals surface area contributed by atoms with Crippen molar-refractivity contribution < 1.29 is 18.0 Å². The summed E-state index contributed by atoms with van der Waals surface area (Å²) in [5, 5.41) is 0.696. The van der Waals surface area contributed by atoms with Gasteiger partial charge in [0.15, 0.2) is 0 Å². The average molecular weight is 714 g/mol. The molecule has 0 radical (unpaired) electrons. The van der Waals surface area contributed by atoms with Crippen LogP contribution in [0.4, 0.5) is 5.69 Å². The topological polar surface area (TPSA) is 81.2 Å². The molecular formula is C34H38BrClN4O4S. The third-order valence-corrected chi connectivity index (χ3v) is 12.4. The minimum Gasteiger partial charge on any atom is -0.340 e. The van der Waals surface area contributed by atoms with Crippen molar-refractivity contribution >= 4 is 55.1 Å². The molecule has 3 aromatic carbocycles. The van der Waals surface area contributed by atoms with Crippen molar-refractivity contribution in [3.63, 3.8) is 0 Å². The summed E-state index contributed by atoms with van der Waals surface area (Å²) in [6, 6.07) is 21.8. The van der Waals surface area contributed by atoms with Gasteiger partial charge in [0.05, 0.1) is 16.9 Å². The van der Waals surface area contributed by atoms with Crippen LogP contribution in [-0.2, 0) is 26.0 Å². The molecule has 2 fully saturated rings. The molecule has 3 heterocycles. The second-order valence-corrected chi connectivity index (χ2v) is 15.2.